The van der Waals surface area contributed by atoms with Gasteiger partial charge in [-0.25, -0.2) is 0 Å². The quantitative estimate of drug-likeness (QED) is 0.822. The SMILES string of the molecule is Cc1c(N)cccc1CNC(=O)c1cc(Cl)ccc1Br. The lowest BCUT2D eigenvalue weighted by molar-refractivity contribution is 0.0950. The predicted molar refractivity (Wildman–Crippen MR) is 85.9 cm³/mol. The van der Waals surface area contributed by atoms with Gasteiger partial charge in [0.15, 0.2) is 0 Å². The average molecular weight is 354 g/mol. The van der Waals surface area contributed by atoms with E-state index < -0.39 is 0 Å². The average Bonchev–Trinajstić information content (AvgIpc) is 2.43. The number of hydrogen-bond donors (Lipinski definition) is 2. The molecule has 2 rings (SSSR count). The van der Waals surface area contributed by atoms with Crippen LogP contribution in [-0.2, 0) is 6.54 Å². The van der Waals surface area contributed by atoms with Gasteiger partial charge in [-0.05, 0) is 58.2 Å². The summed E-state index contributed by atoms with van der Waals surface area (Å²) < 4.78 is 0.712. The van der Waals surface area contributed by atoms with E-state index in [4.69, 9.17) is 17.3 Å². The Balaban J connectivity index is 2.13. The Morgan fingerprint density at radius 1 is 1.35 bits per heavy atom. The van der Waals surface area contributed by atoms with Gasteiger partial charge in [-0.15, -0.1) is 0 Å². The Hall–Kier alpha value is -1.52. The molecule has 1 amide bonds. The molecule has 0 aliphatic rings. The number of carbonyl (C=O) groups is 1. The van der Waals surface area contributed by atoms with Crippen molar-refractivity contribution >= 4 is 39.1 Å². The summed E-state index contributed by atoms with van der Waals surface area (Å²) in [4.78, 5) is 12.2. The molecule has 0 fully saturated rings. The molecule has 104 valence electrons. The molecule has 5 heteroatoms. The second-order valence-corrected chi connectivity index (χ2v) is 5.73. The van der Waals surface area contributed by atoms with Gasteiger partial charge in [-0.1, -0.05) is 23.7 Å². The van der Waals surface area contributed by atoms with Crippen molar-refractivity contribution in [2.75, 3.05) is 5.73 Å². The molecular formula is C15H14BrClN2O. The number of nitrogens with two attached hydrogens (primary N) is 1. The van der Waals surface area contributed by atoms with Crippen LogP contribution in [0.15, 0.2) is 40.9 Å². The van der Waals surface area contributed by atoms with E-state index in [2.05, 4.69) is 21.2 Å². The fourth-order valence-electron chi connectivity index (χ4n) is 1.84. The number of anilines is 1. The molecule has 2 aromatic carbocycles. The number of amides is 1. The topological polar surface area (TPSA) is 55.1 Å². The summed E-state index contributed by atoms with van der Waals surface area (Å²) in [5.74, 6) is -0.179. The van der Waals surface area contributed by atoms with Crippen LogP contribution in [0.5, 0.6) is 0 Å². The number of benzene rings is 2. The zero-order chi connectivity index (χ0) is 14.7. The molecule has 0 bridgehead atoms. The third-order valence-corrected chi connectivity index (χ3v) is 4.03. The molecule has 2 aromatic rings. The number of carbonyl (C=O) groups excluding carboxylic acids is 1. The van der Waals surface area contributed by atoms with Crippen molar-refractivity contribution in [2.24, 2.45) is 0 Å². The minimum atomic E-state index is -0.179. The van der Waals surface area contributed by atoms with Crippen LogP contribution in [0.25, 0.3) is 0 Å². The van der Waals surface area contributed by atoms with Gasteiger partial charge in [0.05, 0.1) is 5.56 Å². The smallest absolute Gasteiger partial charge is 0.252 e. The summed E-state index contributed by atoms with van der Waals surface area (Å²) in [6.45, 7) is 2.36. The lowest BCUT2D eigenvalue weighted by Gasteiger charge is -2.10. The number of hydrogen-bond acceptors (Lipinski definition) is 2. The van der Waals surface area contributed by atoms with Gasteiger partial charge in [0.1, 0.15) is 0 Å². The molecule has 0 saturated carbocycles. The molecule has 0 saturated heterocycles. The molecule has 0 heterocycles. The van der Waals surface area contributed by atoms with Crippen molar-refractivity contribution in [1.82, 2.24) is 5.32 Å². The van der Waals surface area contributed by atoms with Crippen molar-refractivity contribution in [1.29, 1.82) is 0 Å². The van der Waals surface area contributed by atoms with E-state index in [1.165, 1.54) is 0 Å². The van der Waals surface area contributed by atoms with Crippen molar-refractivity contribution in [3.8, 4) is 0 Å². The summed E-state index contributed by atoms with van der Waals surface area (Å²) in [5.41, 5.74) is 9.06. The molecule has 3 N–H and O–H groups in total. The van der Waals surface area contributed by atoms with E-state index in [1.54, 1.807) is 18.2 Å². The molecule has 3 nitrogen and oxygen atoms in total. The maximum atomic E-state index is 12.2. The first-order valence-electron chi connectivity index (χ1n) is 6.06. The van der Waals surface area contributed by atoms with Crippen LogP contribution in [0.4, 0.5) is 5.69 Å². The first kappa shape index (κ1) is 14.9. The molecule has 0 spiro atoms. The lowest BCUT2D eigenvalue weighted by Crippen LogP contribution is -2.23. The maximum absolute atomic E-state index is 12.2. The minimum absolute atomic E-state index is 0.179. The molecule has 20 heavy (non-hydrogen) atoms. The normalized spacial score (nSPS) is 10.3. The van der Waals surface area contributed by atoms with Crippen molar-refractivity contribution in [2.45, 2.75) is 13.5 Å². The highest BCUT2D eigenvalue weighted by Gasteiger charge is 2.11. The maximum Gasteiger partial charge on any atom is 0.252 e. The van der Waals surface area contributed by atoms with Gasteiger partial charge in [-0.3, -0.25) is 4.79 Å². The standard InChI is InChI=1S/C15H14BrClN2O/c1-9-10(3-2-4-14(9)18)8-19-15(20)12-7-11(17)5-6-13(12)16/h2-7H,8,18H2,1H3,(H,19,20). The van der Waals surface area contributed by atoms with Crippen LogP contribution < -0.4 is 11.1 Å². The van der Waals surface area contributed by atoms with Crippen LogP contribution in [0.3, 0.4) is 0 Å². The van der Waals surface area contributed by atoms with Crippen LogP contribution in [0.2, 0.25) is 5.02 Å². The van der Waals surface area contributed by atoms with E-state index in [0.29, 0.717) is 21.6 Å². The van der Waals surface area contributed by atoms with Crippen LogP contribution in [0, 0.1) is 6.92 Å². The second-order valence-electron chi connectivity index (χ2n) is 4.44. The highest BCUT2D eigenvalue weighted by molar-refractivity contribution is 9.10. The summed E-state index contributed by atoms with van der Waals surface area (Å²) in [6.07, 6.45) is 0. The molecule has 0 radical (unpaired) electrons. The van der Waals surface area contributed by atoms with E-state index in [9.17, 15) is 4.79 Å². The lowest BCUT2D eigenvalue weighted by atomic mass is 10.1. The van der Waals surface area contributed by atoms with Crippen molar-refractivity contribution < 1.29 is 4.79 Å². The summed E-state index contributed by atoms with van der Waals surface area (Å²) in [7, 11) is 0. The molecule has 0 aliphatic carbocycles. The highest BCUT2D eigenvalue weighted by Crippen LogP contribution is 2.21. The number of nitrogens with one attached hydrogen (secondary N) is 1. The van der Waals surface area contributed by atoms with E-state index in [1.807, 2.05) is 25.1 Å². The van der Waals surface area contributed by atoms with Crippen molar-refractivity contribution in [3.63, 3.8) is 0 Å². The molecule has 0 aromatic heterocycles. The minimum Gasteiger partial charge on any atom is -0.399 e. The zero-order valence-corrected chi connectivity index (χ0v) is 13.3. The Morgan fingerprint density at radius 3 is 2.85 bits per heavy atom. The highest BCUT2D eigenvalue weighted by atomic mass is 79.9. The van der Waals surface area contributed by atoms with Gasteiger partial charge < -0.3 is 11.1 Å². The van der Waals surface area contributed by atoms with Crippen LogP contribution in [0.1, 0.15) is 21.5 Å². The zero-order valence-electron chi connectivity index (χ0n) is 10.9. The molecule has 0 aliphatic heterocycles. The van der Waals surface area contributed by atoms with Gasteiger partial charge in [0.2, 0.25) is 0 Å². The first-order chi connectivity index (χ1) is 9.49. The predicted octanol–water partition coefficient (Wildman–Crippen LogP) is 3.92. The largest absolute Gasteiger partial charge is 0.399 e. The second kappa shape index (κ2) is 6.29. The monoisotopic (exact) mass is 352 g/mol. The van der Waals surface area contributed by atoms with E-state index >= 15 is 0 Å². The van der Waals surface area contributed by atoms with E-state index in [-0.39, 0.29) is 5.91 Å². The number of halogens is 2. The van der Waals surface area contributed by atoms with E-state index in [0.717, 1.165) is 16.8 Å². The Morgan fingerprint density at radius 2 is 2.10 bits per heavy atom. The van der Waals surface area contributed by atoms with Gasteiger partial charge in [-0.2, -0.15) is 0 Å². The van der Waals surface area contributed by atoms with Crippen LogP contribution in [-0.4, -0.2) is 5.91 Å². The van der Waals surface area contributed by atoms with Crippen molar-refractivity contribution in [3.05, 3.63) is 62.6 Å². The molecular weight excluding hydrogens is 340 g/mol. The molecule has 0 unspecified atom stereocenters. The Kier molecular flexibility index (Phi) is 4.68. The number of rotatable bonds is 3. The van der Waals surface area contributed by atoms with Gasteiger partial charge >= 0.3 is 0 Å². The van der Waals surface area contributed by atoms with Gasteiger partial charge in [0.25, 0.3) is 5.91 Å². The Bertz CT molecular complexity index is 658. The number of nitrogen functional groups attached to an aromatic ring is 1. The first-order valence-corrected chi connectivity index (χ1v) is 7.23. The fourth-order valence-corrected chi connectivity index (χ4v) is 2.44. The van der Waals surface area contributed by atoms with Gasteiger partial charge in [0, 0.05) is 21.7 Å². The summed E-state index contributed by atoms with van der Waals surface area (Å²) in [6, 6.07) is 10.8. The summed E-state index contributed by atoms with van der Waals surface area (Å²) in [5, 5.41) is 3.39. The molecule has 0 atom stereocenters. The summed E-state index contributed by atoms with van der Waals surface area (Å²) >= 11 is 9.25. The van der Waals surface area contributed by atoms with Crippen LogP contribution >= 0.6 is 27.5 Å². The third kappa shape index (κ3) is 3.32. The Labute approximate surface area is 131 Å². The fraction of sp³-hybridized carbons (Fsp3) is 0.133. The third-order valence-electron chi connectivity index (χ3n) is 3.10.